The molecule has 0 aliphatic heterocycles. The standard InChI is InChI=1S/C16H35N3/c1-5-11-19(13-12-18(3)4)15(2)14-17-16-9-7-6-8-10-16/h15-17H,5-14H2,1-4H3. The molecular weight excluding hydrogens is 234 g/mol. The van der Waals surface area contributed by atoms with E-state index in [4.69, 9.17) is 0 Å². The lowest BCUT2D eigenvalue weighted by Crippen LogP contribution is -2.46. The smallest absolute Gasteiger partial charge is 0.0192 e. The summed E-state index contributed by atoms with van der Waals surface area (Å²) in [5.41, 5.74) is 0. The van der Waals surface area contributed by atoms with E-state index in [0.29, 0.717) is 6.04 Å². The van der Waals surface area contributed by atoms with Crippen LogP contribution in [0.2, 0.25) is 0 Å². The Morgan fingerprint density at radius 1 is 1.05 bits per heavy atom. The molecule has 3 heteroatoms. The Kier molecular flexibility index (Phi) is 8.67. The molecule has 1 rings (SSSR count). The summed E-state index contributed by atoms with van der Waals surface area (Å²) < 4.78 is 0. The second-order valence-corrected chi connectivity index (χ2v) is 6.43. The highest BCUT2D eigenvalue weighted by Crippen LogP contribution is 2.17. The molecular formula is C16H35N3. The molecule has 1 N–H and O–H groups in total. The van der Waals surface area contributed by atoms with Gasteiger partial charge in [-0.15, -0.1) is 0 Å². The van der Waals surface area contributed by atoms with Gasteiger partial charge in [0.25, 0.3) is 0 Å². The molecule has 1 saturated carbocycles. The van der Waals surface area contributed by atoms with E-state index in [1.807, 2.05) is 0 Å². The minimum absolute atomic E-state index is 0.654. The molecule has 1 aliphatic carbocycles. The van der Waals surface area contributed by atoms with Crippen LogP contribution in [0.4, 0.5) is 0 Å². The predicted octanol–water partition coefficient (Wildman–Crippen LogP) is 2.57. The molecule has 0 amide bonds. The molecule has 0 radical (unpaired) electrons. The van der Waals surface area contributed by atoms with Gasteiger partial charge in [0, 0.05) is 31.7 Å². The summed E-state index contributed by atoms with van der Waals surface area (Å²) in [6, 6.07) is 1.44. The van der Waals surface area contributed by atoms with Crippen LogP contribution in [0.1, 0.15) is 52.4 Å². The van der Waals surface area contributed by atoms with Crippen LogP contribution in [0.5, 0.6) is 0 Å². The number of likely N-dealkylation sites (N-methyl/N-ethyl adjacent to an activating group) is 1. The Morgan fingerprint density at radius 2 is 1.74 bits per heavy atom. The van der Waals surface area contributed by atoms with Crippen molar-refractivity contribution >= 4 is 0 Å². The maximum Gasteiger partial charge on any atom is 0.0192 e. The largest absolute Gasteiger partial charge is 0.312 e. The lowest BCUT2D eigenvalue weighted by Gasteiger charge is -2.32. The van der Waals surface area contributed by atoms with Crippen LogP contribution in [0.3, 0.4) is 0 Å². The van der Waals surface area contributed by atoms with Gasteiger partial charge in [0.05, 0.1) is 0 Å². The van der Waals surface area contributed by atoms with Crippen molar-refractivity contribution in [3.05, 3.63) is 0 Å². The van der Waals surface area contributed by atoms with Crippen molar-refractivity contribution in [2.24, 2.45) is 0 Å². The van der Waals surface area contributed by atoms with E-state index in [-0.39, 0.29) is 0 Å². The number of nitrogens with one attached hydrogen (secondary N) is 1. The number of hydrogen-bond acceptors (Lipinski definition) is 3. The molecule has 0 bridgehead atoms. The van der Waals surface area contributed by atoms with Gasteiger partial charge in [-0.25, -0.2) is 0 Å². The second-order valence-electron chi connectivity index (χ2n) is 6.43. The van der Waals surface area contributed by atoms with Crippen molar-refractivity contribution in [1.82, 2.24) is 15.1 Å². The van der Waals surface area contributed by atoms with Crippen LogP contribution < -0.4 is 5.32 Å². The van der Waals surface area contributed by atoms with E-state index < -0.39 is 0 Å². The van der Waals surface area contributed by atoms with Crippen molar-refractivity contribution in [2.75, 3.05) is 40.3 Å². The molecule has 3 nitrogen and oxygen atoms in total. The van der Waals surface area contributed by atoms with E-state index in [0.717, 1.165) is 19.1 Å². The molecule has 1 aliphatic rings. The lowest BCUT2D eigenvalue weighted by molar-refractivity contribution is 0.179. The first-order valence-electron chi connectivity index (χ1n) is 8.25. The summed E-state index contributed by atoms with van der Waals surface area (Å²) in [5.74, 6) is 0. The van der Waals surface area contributed by atoms with Crippen LogP contribution in [-0.4, -0.2) is 62.2 Å². The molecule has 114 valence electrons. The zero-order valence-electron chi connectivity index (χ0n) is 13.6. The normalized spacial score (nSPS) is 19.3. The fourth-order valence-corrected chi connectivity index (χ4v) is 2.94. The Morgan fingerprint density at radius 3 is 2.32 bits per heavy atom. The highest BCUT2D eigenvalue weighted by molar-refractivity contribution is 4.76. The van der Waals surface area contributed by atoms with Crippen LogP contribution in [-0.2, 0) is 0 Å². The average molecular weight is 269 g/mol. The highest BCUT2D eigenvalue weighted by atomic mass is 15.2. The Hall–Kier alpha value is -0.120. The third kappa shape index (κ3) is 7.28. The minimum Gasteiger partial charge on any atom is -0.312 e. The first-order valence-corrected chi connectivity index (χ1v) is 8.25. The third-order valence-electron chi connectivity index (χ3n) is 4.28. The number of nitrogens with zero attached hydrogens (tertiary/aromatic N) is 2. The zero-order chi connectivity index (χ0) is 14.1. The molecule has 19 heavy (non-hydrogen) atoms. The molecule has 0 aromatic carbocycles. The summed E-state index contributed by atoms with van der Waals surface area (Å²) >= 11 is 0. The monoisotopic (exact) mass is 269 g/mol. The SMILES string of the molecule is CCCN(CCN(C)C)C(C)CNC1CCCCC1. The summed E-state index contributed by atoms with van der Waals surface area (Å²) in [7, 11) is 4.32. The van der Waals surface area contributed by atoms with Crippen molar-refractivity contribution in [3.63, 3.8) is 0 Å². The number of rotatable bonds is 9. The molecule has 0 spiro atoms. The van der Waals surface area contributed by atoms with Crippen LogP contribution >= 0.6 is 0 Å². The van der Waals surface area contributed by atoms with Gasteiger partial charge in [-0.05, 0) is 46.8 Å². The van der Waals surface area contributed by atoms with E-state index in [1.54, 1.807) is 0 Å². The fourth-order valence-electron chi connectivity index (χ4n) is 2.94. The molecule has 0 heterocycles. The van der Waals surface area contributed by atoms with E-state index >= 15 is 0 Å². The van der Waals surface area contributed by atoms with Crippen molar-refractivity contribution in [2.45, 2.75) is 64.5 Å². The quantitative estimate of drug-likeness (QED) is 0.694. The van der Waals surface area contributed by atoms with Gasteiger partial charge < -0.3 is 10.2 Å². The van der Waals surface area contributed by atoms with Gasteiger partial charge in [-0.2, -0.15) is 0 Å². The van der Waals surface area contributed by atoms with Gasteiger partial charge in [0.2, 0.25) is 0 Å². The van der Waals surface area contributed by atoms with Gasteiger partial charge in [0.15, 0.2) is 0 Å². The fraction of sp³-hybridized carbons (Fsp3) is 1.00. The molecule has 1 unspecified atom stereocenters. The van der Waals surface area contributed by atoms with E-state index in [9.17, 15) is 0 Å². The zero-order valence-corrected chi connectivity index (χ0v) is 13.6. The topological polar surface area (TPSA) is 18.5 Å². The van der Waals surface area contributed by atoms with Gasteiger partial charge in [0.1, 0.15) is 0 Å². The highest BCUT2D eigenvalue weighted by Gasteiger charge is 2.17. The molecule has 0 aromatic rings. The van der Waals surface area contributed by atoms with Crippen LogP contribution in [0.15, 0.2) is 0 Å². The van der Waals surface area contributed by atoms with E-state index in [2.05, 4.69) is 43.1 Å². The summed E-state index contributed by atoms with van der Waals surface area (Å²) in [5, 5.41) is 3.79. The summed E-state index contributed by atoms with van der Waals surface area (Å²) in [6.45, 7) is 9.38. The Balaban J connectivity index is 2.26. The van der Waals surface area contributed by atoms with E-state index in [1.165, 1.54) is 51.6 Å². The summed E-state index contributed by atoms with van der Waals surface area (Å²) in [4.78, 5) is 4.92. The minimum atomic E-state index is 0.654. The summed E-state index contributed by atoms with van der Waals surface area (Å²) in [6.07, 6.45) is 8.31. The first-order chi connectivity index (χ1) is 9.13. The van der Waals surface area contributed by atoms with Gasteiger partial charge in [-0.3, -0.25) is 4.90 Å². The van der Waals surface area contributed by atoms with Crippen LogP contribution in [0.25, 0.3) is 0 Å². The second kappa shape index (κ2) is 9.73. The molecule has 1 fully saturated rings. The maximum absolute atomic E-state index is 3.79. The van der Waals surface area contributed by atoms with Crippen molar-refractivity contribution in [3.8, 4) is 0 Å². The first kappa shape index (κ1) is 16.9. The van der Waals surface area contributed by atoms with Crippen LogP contribution in [0, 0.1) is 0 Å². The Labute approximate surface area is 120 Å². The van der Waals surface area contributed by atoms with Gasteiger partial charge >= 0.3 is 0 Å². The lowest BCUT2D eigenvalue weighted by atomic mass is 9.95. The van der Waals surface area contributed by atoms with Crippen molar-refractivity contribution < 1.29 is 0 Å². The average Bonchev–Trinajstić information content (AvgIpc) is 2.41. The number of hydrogen-bond donors (Lipinski definition) is 1. The maximum atomic E-state index is 3.79. The molecule has 0 aromatic heterocycles. The van der Waals surface area contributed by atoms with Gasteiger partial charge in [-0.1, -0.05) is 26.2 Å². The molecule has 1 atom stereocenters. The Bertz CT molecular complexity index is 212. The van der Waals surface area contributed by atoms with Crippen molar-refractivity contribution in [1.29, 1.82) is 0 Å². The third-order valence-corrected chi connectivity index (χ3v) is 4.28. The predicted molar refractivity (Wildman–Crippen MR) is 84.8 cm³/mol. The molecule has 0 saturated heterocycles.